The first-order valence-electron chi connectivity index (χ1n) is 3.78. The fourth-order valence-electron chi connectivity index (χ4n) is 0.556. The van der Waals surface area contributed by atoms with Crippen molar-refractivity contribution in [3.05, 3.63) is 24.3 Å². The smallest absolute Gasteiger partial charge is 0.176 e. The number of aromatic hydroxyl groups is 1. The fraction of sp³-hybridized carbons (Fsp3) is 0.250. The van der Waals surface area contributed by atoms with Crippen molar-refractivity contribution in [2.75, 3.05) is 12.8 Å². The first-order chi connectivity index (χ1) is 6.22. The zero-order valence-corrected chi connectivity index (χ0v) is 8.23. The van der Waals surface area contributed by atoms with Gasteiger partial charge in [-0.2, -0.15) is 0 Å². The van der Waals surface area contributed by atoms with Crippen LogP contribution in [0, 0.1) is 0 Å². The van der Waals surface area contributed by atoms with Crippen molar-refractivity contribution < 1.29 is 20.8 Å². The predicted octanol–water partition coefficient (Wildman–Crippen LogP) is -0.802. The maximum atomic E-state index is 9.40. The van der Waals surface area contributed by atoms with E-state index in [1.54, 1.807) is 18.2 Å². The second kappa shape index (κ2) is 7.95. The molecule has 0 amide bonds. The van der Waals surface area contributed by atoms with Crippen LogP contribution in [0.25, 0.3) is 0 Å². The molecule has 1 rings (SSSR count). The number of hydrogen-bond acceptors (Lipinski definition) is 3. The molecule has 5 N–H and O–H groups in total. The van der Waals surface area contributed by atoms with Crippen LogP contribution in [0.15, 0.2) is 24.3 Å². The second-order valence-corrected chi connectivity index (χ2v) is 3.04. The molecule has 0 aromatic heterocycles. The minimum absolute atomic E-state index is 0.0436. The highest BCUT2D eigenvalue weighted by molar-refractivity contribution is 7.29. The minimum Gasteiger partial charge on any atom is -0.832 e. The lowest BCUT2D eigenvalue weighted by Crippen LogP contribution is -2.39. The monoisotopic (exact) mass is 203 g/mol. The summed E-state index contributed by atoms with van der Waals surface area (Å²) in [4.78, 5) is 9.40. The highest BCUT2D eigenvalue weighted by Crippen LogP contribution is 2.14. The molecule has 0 heterocycles. The third-order valence-corrected chi connectivity index (χ3v) is 1.63. The maximum Gasteiger partial charge on any atom is 0.176 e. The van der Waals surface area contributed by atoms with Gasteiger partial charge in [-0.3, -0.25) is 0 Å². The van der Waals surface area contributed by atoms with Crippen LogP contribution < -0.4 is 10.6 Å². The van der Waals surface area contributed by atoms with Gasteiger partial charge in [-0.25, -0.2) is 8.81 Å². The molecule has 4 nitrogen and oxygen atoms in total. The molecule has 0 spiro atoms. The third kappa shape index (κ3) is 6.49. The first kappa shape index (κ1) is 12.3. The summed E-state index contributed by atoms with van der Waals surface area (Å²) in [5.41, 5.74) is 4.24. The van der Waals surface area contributed by atoms with Crippen molar-refractivity contribution in [1.29, 1.82) is 0 Å². The van der Waals surface area contributed by atoms with E-state index in [0.717, 1.165) is 0 Å². The largest absolute Gasteiger partial charge is 0.832 e. The standard InChI is InChI=1S/C6H7NO.C2H6O2P/c7-5-3-1-2-4-6(5)8;3-1-2-5-4/h1-4,8H,7H2;3,5H,1-2H2/q;-1/p+1. The number of rotatable bonds is 2. The van der Waals surface area contributed by atoms with Crippen LogP contribution in [0.2, 0.25) is 0 Å². The van der Waals surface area contributed by atoms with Crippen molar-refractivity contribution in [2.45, 2.75) is 0 Å². The maximum absolute atomic E-state index is 9.40. The minimum atomic E-state index is -0.342. The molecule has 0 aliphatic rings. The summed E-state index contributed by atoms with van der Waals surface area (Å²) in [7, 11) is -0.342. The molecule has 1 aromatic rings. The quantitative estimate of drug-likeness (QED) is 0.549. The summed E-state index contributed by atoms with van der Waals surface area (Å²) >= 11 is 0. The van der Waals surface area contributed by atoms with Gasteiger partial charge < -0.3 is 20.8 Å². The molecule has 0 aliphatic carbocycles. The van der Waals surface area contributed by atoms with Gasteiger partial charge in [0, 0.05) is 12.7 Å². The van der Waals surface area contributed by atoms with E-state index >= 15 is 0 Å². The first-order valence-corrected chi connectivity index (χ1v) is 4.89. The number of phenolic OH excluding ortho intramolecular Hbond substituents is 1. The van der Waals surface area contributed by atoms with Crippen LogP contribution in [0.1, 0.15) is 0 Å². The summed E-state index contributed by atoms with van der Waals surface area (Å²) in [5, 5.41) is 16.7. The number of aliphatic hydroxyl groups is 1. The molecular formula is C8H14NO3P. The fourth-order valence-corrected chi connectivity index (χ4v) is 0.648. The van der Waals surface area contributed by atoms with Gasteiger partial charge in [-0.15, -0.1) is 0 Å². The molecule has 1 unspecified atom stereocenters. The van der Waals surface area contributed by atoms with Gasteiger partial charge in [0.25, 0.3) is 0 Å². The van der Waals surface area contributed by atoms with Gasteiger partial charge in [0.15, 0.2) is 11.4 Å². The number of phenols is 1. The Morgan fingerprint density at radius 3 is 2.23 bits per heavy atom. The van der Waals surface area contributed by atoms with Crippen LogP contribution >= 0.6 is 8.81 Å². The summed E-state index contributed by atoms with van der Waals surface area (Å²) in [6, 6.07) is 6.98. The van der Waals surface area contributed by atoms with Crippen molar-refractivity contribution in [3.8, 4) is 5.75 Å². The number of benzene rings is 1. The molecule has 1 aromatic carbocycles. The molecule has 0 saturated heterocycles. The molecule has 0 radical (unpaired) electrons. The van der Waals surface area contributed by atoms with E-state index in [1.165, 1.54) is 0 Å². The Morgan fingerprint density at radius 2 is 2.00 bits per heavy atom. The SMILES string of the molecule is [NH3+]c1ccccc1O.[O-]PCCO. The van der Waals surface area contributed by atoms with E-state index in [2.05, 4.69) is 5.73 Å². The lowest BCUT2D eigenvalue weighted by molar-refractivity contribution is -0.256. The number of para-hydroxylation sites is 1. The molecule has 13 heavy (non-hydrogen) atoms. The highest BCUT2D eigenvalue weighted by atomic mass is 31.1. The molecule has 0 bridgehead atoms. The van der Waals surface area contributed by atoms with E-state index in [4.69, 9.17) is 10.2 Å². The summed E-state index contributed by atoms with van der Waals surface area (Å²) in [6.45, 7) is 0.0436. The van der Waals surface area contributed by atoms with Gasteiger partial charge in [-0.1, -0.05) is 12.1 Å². The molecule has 0 aliphatic heterocycles. The third-order valence-electron chi connectivity index (χ3n) is 1.21. The molecule has 0 saturated carbocycles. The Morgan fingerprint density at radius 1 is 1.38 bits per heavy atom. The van der Waals surface area contributed by atoms with E-state index in [-0.39, 0.29) is 21.2 Å². The van der Waals surface area contributed by atoms with E-state index in [9.17, 15) is 4.89 Å². The van der Waals surface area contributed by atoms with Gasteiger partial charge in [0.2, 0.25) is 0 Å². The Balaban J connectivity index is 0.000000252. The number of hydrogen-bond donors (Lipinski definition) is 3. The van der Waals surface area contributed by atoms with E-state index in [1.807, 2.05) is 6.07 Å². The topological polar surface area (TPSA) is 91.2 Å². The van der Waals surface area contributed by atoms with Crippen LogP contribution in [-0.4, -0.2) is 23.0 Å². The Hall–Kier alpha value is -0.670. The van der Waals surface area contributed by atoms with Gasteiger partial charge in [0.05, 0.1) is 0 Å². The normalized spacial score (nSPS) is 9.77. The average Bonchev–Trinajstić information content (AvgIpc) is 2.13. The average molecular weight is 203 g/mol. The molecule has 74 valence electrons. The van der Waals surface area contributed by atoms with Gasteiger partial charge in [-0.05, 0) is 12.2 Å². The summed E-state index contributed by atoms with van der Waals surface area (Å²) < 4.78 is 0. The van der Waals surface area contributed by atoms with E-state index in [0.29, 0.717) is 11.8 Å². The molecule has 0 fully saturated rings. The lowest BCUT2D eigenvalue weighted by atomic mass is 10.3. The van der Waals surface area contributed by atoms with Crippen molar-refractivity contribution in [2.24, 2.45) is 0 Å². The Kier molecular flexibility index (Phi) is 7.54. The molecule has 1 atom stereocenters. The Labute approximate surface area is 78.9 Å². The lowest BCUT2D eigenvalue weighted by Gasteiger charge is -1.95. The number of quaternary nitrogens is 1. The Bertz CT molecular complexity index is 209. The molecular weight excluding hydrogens is 189 g/mol. The summed E-state index contributed by atoms with van der Waals surface area (Å²) in [6.07, 6.45) is 0.417. The van der Waals surface area contributed by atoms with Gasteiger partial charge >= 0.3 is 0 Å². The van der Waals surface area contributed by atoms with Crippen LogP contribution in [-0.2, 0) is 0 Å². The second-order valence-electron chi connectivity index (χ2n) is 2.25. The zero-order chi connectivity index (χ0) is 10.1. The predicted molar refractivity (Wildman–Crippen MR) is 50.9 cm³/mol. The van der Waals surface area contributed by atoms with Crippen molar-refractivity contribution in [1.82, 2.24) is 0 Å². The zero-order valence-electron chi connectivity index (χ0n) is 7.23. The number of aliphatic hydroxyl groups excluding tert-OH is 1. The van der Waals surface area contributed by atoms with E-state index < -0.39 is 0 Å². The van der Waals surface area contributed by atoms with Gasteiger partial charge in [0.1, 0.15) is 0 Å². The van der Waals surface area contributed by atoms with Crippen molar-refractivity contribution >= 4 is 14.5 Å². The molecule has 5 heteroatoms. The van der Waals surface area contributed by atoms with Crippen LogP contribution in [0.4, 0.5) is 5.69 Å². The highest BCUT2D eigenvalue weighted by Gasteiger charge is 1.92. The van der Waals surface area contributed by atoms with Crippen LogP contribution in [0.3, 0.4) is 0 Å². The van der Waals surface area contributed by atoms with Crippen LogP contribution in [0.5, 0.6) is 5.75 Å². The van der Waals surface area contributed by atoms with Crippen molar-refractivity contribution in [3.63, 3.8) is 0 Å². The summed E-state index contributed by atoms with van der Waals surface area (Å²) in [5.74, 6) is 0.257.